The Kier molecular flexibility index (Phi) is 10.4. The van der Waals surface area contributed by atoms with Gasteiger partial charge in [0.05, 0.1) is 37.6 Å². The molecule has 2 rings (SSSR count). The highest BCUT2D eigenvalue weighted by Crippen LogP contribution is 2.39. The fourth-order valence-corrected chi connectivity index (χ4v) is 4.79. The van der Waals surface area contributed by atoms with E-state index in [-0.39, 0.29) is 35.9 Å². The Hall–Kier alpha value is -1.24. The number of hydrogen-bond acceptors (Lipinski definition) is 5. The fourth-order valence-electron chi connectivity index (χ4n) is 4.79. The van der Waals surface area contributed by atoms with E-state index in [1.54, 1.807) is 6.08 Å². The number of allylic oxidation sites excluding steroid dienone is 1. The Labute approximate surface area is 194 Å². The summed E-state index contributed by atoms with van der Waals surface area (Å²) >= 11 is 0. The highest BCUT2D eigenvalue weighted by molar-refractivity contribution is 5.13. The van der Waals surface area contributed by atoms with Gasteiger partial charge in [-0.15, -0.1) is 6.58 Å². The molecule has 0 saturated carbocycles. The number of rotatable bonds is 12. The third-order valence-electron chi connectivity index (χ3n) is 6.80. The van der Waals surface area contributed by atoms with Gasteiger partial charge in [0.2, 0.25) is 0 Å². The quantitative estimate of drug-likeness (QED) is 0.443. The van der Waals surface area contributed by atoms with Gasteiger partial charge in [0.1, 0.15) is 0 Å². The largest absolute Gasteiger partial charge is 0.393 e. The van der Waals surface area contributed by atoms with Crippen molar-refractivity contribution in [2.24, 2.45) is 23.7 Å². The second-order valence-electron chi connectivity index (χ2n) is 10.0. The third-order valence-corrected chi connectivity index (χ3v) is 6.80. The summed E-state index contributed by atoms with van der Waals surface area (Å²) in [5, 5.41) is 21.5. The van der Waals surface area contributed by atoms with E-state index < -0.39 is 18.0 Å². The van der Waals surface area contributed by atoms with Crippen LogP contribution in [0.5, 0.6) is 0 Å². The Bertz CT molecular complexity index is 676. The molecule has 0 amide bonds. The summed E-state index contributed by atoms with van der Waals surface area (Å²) in [4.78, 5) is 0. The topological polar surface area (TPSA) is 68.2 Å². The molecule has 182 valence electrons. The van der Waals surface area contributed by atoms with Gasteiger partial charge in [-0.2, -0.15) is 0 Å². The number of aliphatic hydroxyl groups is 2. The van der Waals surface area contributed by atoms with Crippen LogP contribution in [0.4, 0.5) is 0 Å². The smallest absolute Gasteiger partial charge is 0.163 e. The molecule has 0 radical (unpaired) electrons. The molecule has 8 atom stereocenters. The van der Waals surface area contributed by atoms with Crippen LogP contribution in [0.3, 0.4) is 0 Å². The van der Waals surface area contributed by atoms with E-state index in [1.165, 1.54) is 0 Å². The summed E-state index contributed by atoms with van der Waals surface area (Å²) in [5.41, 5.74) is 1.15. The zero-order valence-corrected chi connectivity index (χ0v) is 20.7. The van der Waals surface area contributed by atoms with Crippen LogP contribution >= 0.6 is 0 Å². The van der Waals surface area contributed by atoms with Gasteiger partial charge < -0.3 is 24.4 Å². The Morgan fingerprint density at radius 3 is 2.34 bits per heavy atom. The van der Waals surface area contributed by atoms with Gasteiger partial charge in [0, 0.05) is 23.7 Å². The van der Waals surface area contributed by atoms with Crippen LogP contribution in [0.25, 0.3) is 0 Å². The monoisotopic (exact) mass is 448 g/mol. The molecule has 1 fully saturated rings. The van der Waals surface area contributed by atoms with Gasteiger partial charge in [-0.05, 0) is 32.3 Å². The maximum absolute atomic E-state index is 11.1. The highest BCUT2D eigenvalue weighted by atomic mass is 16.7. The molecule has 0 spiro atoms. The van der Waals surface area contributed by atoms with Crippen molar-refractivity contribution in [2.45, 2.75) is 91.2 Å². The summed E-state index contributed by atoms with van der Waals surface area (Å²) in [6.45, 7) is 16.9. The molecule has 1 saturated heterocycles. The molecule has 1 aliphatic heterocycles. The van der Waals surface area contributed by atoms with Crippen molar-refractivity contribution in [2.75, 3.05) is 6.61 Å². The lowest BCUT2D eigenvalue weighted by atomic mass is 9.77. The van der Waals surface area contributed by atoms with E-state index in [1.807, 2.05) is 45.9 Å². The van der Waals surface area contributed by atoms with Crippen LogP contribution < -0.4 is 0 Å². The van der Waals surface area contributed by atoms with Crippen LogP contribution in [0.1, 0.15) is 59.9 Å². The molecule has 1 heterocycles. The minimum absolute atomic E-state index is 0.0600. The number of aliphatic hydroxyl groups excluding tert-OH is 2. The predicted molar refractivity (Wildman–Crippen MR) is 128 cm³/mol. The molecular formula is C27H44O5. The summed E-state index contributed by atoms with van der Waals surface area (Å²) < 4.78 is 18.6. The van der Waals surface area contributed by atoms with Crippen LogP contribution in [0, 0.1) is 23.7 Å². The zero-order chi connectivity index (χ0) is 23.9. The zero-order valence-electron chi connectivity index (χ0n) is 20.7. The molecule has 2 N–H and O–H groups in total. The number of hydrogen-bond donors (Lipinski definition) is 2. The molecule has 1 aromatic carbocycles. The molecule has 0 aromatic heterocycles. The van der Waals surface area contributed by atoms with Crippen LogP contribution in [-0.4, -0.2) is 47.0 Å². The van der Waals surface area contributed by atoms with Crippen molar-refractivity contribution in [3.8, 4) is 0 Å². The SMILES string of the molecule is C=CCC[C@H](O)[C@@H](C)[C@@H](O)[C@H](C)[C@@H]1OC(C)(C)O[C@@H]([C@@H](C)COCc2ccccc2)[C@H]1C. The second kappa shape index (κ2) is 12.3. The molecule has 0 unspecified atom stereocenters. The summed E-state index contributed by atoms with van der Waals surface area (Å²) in [6, 6.07) is 10.2. The van der Waals surface area contributed by atoms with Gasteiger partial charge >= 0.3 is 0 Å². The van der Waals surface area contributed by atoms with Crippen LogP contribution in [0.2, 0.25) is 0 Å². The molecule has 32 heavy (non-hydrogen) atoms. The Morgan fingerprint density at radius 1 is 1.09 bits per heavy atom. The summed E-state index contributed by atoms with van der Waals surface area (Å²) in [7, 11) is 0. The van der Waals surface area contributed by atoms with Gasteiger partial charge in [-0.3, -0.25) is 0 Å². The van der Waals surface area contributed by atoms with Crippen molar-refractivity contribution in [3.05, 3.63) is 48.6 Å². The van der Waals surface area contributed by atoms with E-state index in [0.29, 0.717) is 19.6 Å². The van der Waals surface area contributed by atoms with Gasteiger partial charge in [0.15, 0.2) is 5.79 Å². The lowest BCUT2D eigenvalue weighted by Gasteiger charge is -2.50. The lowest BCUT2D eigenvalue weighted by Crippen LogP contribution is -2.56. The fraction of sp³-hybridized carbons (Fsp3) is 0.704. The molecule has 1 aliphatic rings. The van der Waals surface area contributed by atoms with Crippen molar-refractivity contribution in [3.63, 3.8) is 0 Å². The van der Waals surface area contributed by atoms with Crippen molar-refractivity contribution in [1.29, 1.82) is 0 Å². The maximum Gasteiger partial charge on any atom is 0.163 e. The lowest BCUT2D eigenvalue weighted by molar-refractivity contribution is -0.340. The van der Waals surface area contributed by atoms with E-state index in [0.717, 1.165) is 12.0 Å². The van der Waals surface area contributed by atoms with Crippen LogP contribution in [-0.2, 0) is 20.8 Å². The number of ether oxygens (including phenoxy) is 3. The first-order chi connectivity index (χ1) is 15.1. The predicted octanol–water partition coefficient (Wildman–Crippen LogP) is 4.96. The molecule has 5 nitrogen and oxygen atoms in total. The maximum atomic E-state index is 11.1. The van der Waals surface area contributed by atoms with Gasteiger partial charge in [-0.1, -0.05) is 64.1 Å². The first kappa shape index (κ1) is 27.0. The van der Waals surface area contributed by atoms with E-state index in [4.69, 9.17) is 14.2 Å². The average molecular weight is 449 g/mol. The third kappa shape index (κ3) is 7.39. The first-order valence-electron chi connectivity index (χ1n) is 12.0. The molecule has 0 aliphatic carbocycles. The van der Waals surface area contributed by atoms with Gasteiger partial charge in [-0.25, -0.2) is 0 Å². The molecule has 0 bridgehead atoms. The first-order valence-corrected chi connectivity index (χ1v) is 12.0. The number of benzene rings is 1. The minimum Gasteiger partial charge on any atom is -0.393 e. The molecular weight excluding hydrogens is 404 g/mol. The van der Waals surface area contributed by atoms with Crippen molar-refractivity contribution in [1.82, 2.24) is 0 Å². The summed E-state index contributed by atoms with van der Waals surface area (Å²) in [5.74, 6) is -0.924. The second-order valence-corrected chi connectivity index (χ2v) is 10.0. The molecule has 1 aromatic rings. The van der Waals surface area contributed by atoms with Crippen molar-refractivity contribution < 1.29 is 24.4 Å². The Morgan fingerprint density at radius 2 is 1.72 bits per heavy atom. The van der Waals surface area contributed by atoms with Crippen molar-refractivity contribution >= 4 is 0 Å². The molecule has 5 heteroatoms. The minimum atomic E-state index is -0.756. The summed E-state index contributed by atoms with van der Waals surface area (Å²) in [6.07, 6.45) is 1.62. The average Bonchev–Trinajstić information content (AvgIpc) is 2.77. The normalized spacial score (nSPS) is 27.8. The highest BCUT2D eigenvalue weighted by Gasteiger charge is 2.47. The van der Waals surface area contributed by atoms with E-state index in [2.05, 4.69) is 32.6 Å². The standard InChI is InChI=1S/C27H44O5/c1-8-9-15-23(28)19(3)24(29)20(4)26-21(5)25(31-27(6,7)32-26)18(2)16-30-17-22-13-11-10-12-14-22/h8,10-14,18-21,23-26,28-29H,1,9,15-17H2,2-7H3/t18-,19+,20-,21+,23-,24+,25-,26-/m0/s1. The van der Waals surface area contributed by atoms with Crippen LogP contribution in [0.15, 0.2) is 43.0 Å². The Balaban J connectivity index is 2.02. The van der Waals surface area contributed by atoms with Gasteiger partial charge in [0.25, 0.3) is 0 Å². The van der Waals surface area contributed by atoms with E-state index in [9.17, 15) is 10.2 Å². The van der Waals surface area contributed by atoms with E-state index >= 15 is 0 Å².